The summed E-state index contributed by atoms with van der Waals surface area (Å²) in [6.07, 6.45) is 4.86. The van der Waals surface area contributed by atoms with Crippen molar-refractivity contribution in [2.45, 2.75) is 24.1 Å². The van der Waals surface area contributed by atoms with Crippen LogP contribution < -0.4 is 14.8 Å². The first kappa shape index (κ1) is 15.0. The molecular formula is C14H20BrNO2S. The topological polar surface area (TPSA) is 30.5 Å². The van der Waals surface area contributed by atoms with Crippen LogP contribution in [0, 0.1) is 0 Å². The maximum atomic E-state index is 5.35. The number of hydrogen-bond acceptors (Lipinski definition) is 4. The Kier molecular flexibility index (Phi) is 5.03. The van der Waals surface area contributed by atoms with E-state index in [0.29, 0.717) is 4.75 Å². The van der Waals surface area contributed by atoms with Gasteiger partial charge in [-0.3, -0.25) is 0 Å². The van der Waals surface area contributed by atoms with E-state index in [2.05, 4.69) is 33.6 Å². The summed E-state index contributed by atoms with van der Waals surface area (Å²) in [5.74, 6) is 1.51. The fourth-order valence-electron chi connectivity index (χ4n) is 2.10. The third-order valence-electron chi connectivity index (χ3n) is 3.51. The molecule has 0 unspecified atom stereocenters. The van der Waals surface area contributed by atoms with Crippen molar-refractivity contribution < 1.29 is 9.47 Å². The molecule has 0 amide bonds. The standard InChI is InChI=1S/C14H20BrNO2S/c1-17-12-7-10(6-11(15)13(12)18-2)8-16-9-14(19-3)4-5-14/h6-7,16H,4-5,8-9H2,1-3H3. The molecule has 1 aromatic rings. The third-order valence-corrected chi connectivity index (χ3v) is 5.52. The lowest BCUT2D eigenvalue weighted by Gasteiger charge is -2.15. The smallest absolute Gasteiger partial charge is 0.174 e. The Morgan fingerprint density at radius 1 is 1.32 bits per heavy atom. The highest BCUT2D eigenvalue weighted by Gasteiger charge is 2.41. The van der Waals surface area contributed by atoms with Crippen LogP contribution in [0.4, 0.5) is 0 Å². The van der Waals surface area contributed by atoms with E-state index >= 15 is 0 Å². The van der Waals surface area contributed by atoms with Gasteiger partial charge in [-0.25, -0.2) is 0 Å². The molecule has 0 atom stereocenters. The molecule has 106 valence electrons. The number of hydrogen-bond donors (Lipinski definition) is 1. The van der Waals surface area contributed by atoms with Crippen molar-refractivity contribution in [3.05, 3.63) is 22.2 Å². The minimum Gasteiger partial charge on any atom is -0.493 e. The number of nitrogens with one attached hydrogen (secondary N) is 1. The van der Waals surface area contributed by atoms with Crippen LogP contribution in [0.2, 0.25) is 0 Å². The molecule has 1 aliphatic carbocycles. The minimum atomic E-state index is 0.494. The quantitative estimate of drug-likeness (QED) is 0.819. The molecule has 0 aromatic heterocycles. The van der Waals surface area contributed by atoms with Crippen LogP contribution in [0.25, 0.3) is 0 Å². The van der Waals surface area contributed by atoms with Gasteiger partial charge in [0.25, 0.3) is 0 Å². The van der Waals surface area contributed by atoms with E-state index in [0.717, 1.165) is 29.1 Å². The molecule has 2 rings (SSSR count). The summed E-state index contributed by atoms with van der Waals surface area (Å²) in [5.41, 5.74) is 1.20. The highest BCUT2D eigenvalue weighted by molar-refractivity contribution is 9.10. The fraction of sp³-hybridized carbons (Fsp3) is 0.571. The Hall–Kier alpha value is -0.390. The number of benzene rings is 1. The van der Waals surface area contributed by atoms with Crippen molar-refractivity contribution in [2.75, 3.05) is 27.0 Å². The predicted molar refractivity (Wildman–Crippen MR) is 84.4 cm³/mol. The van der Waals surface area contributed by atoms with E-state index in [1.54, 1.807) is 14.2 Å². The molecule has 5 heteroatoms. The van der Waals surface area contributed by atoms with Crippen LogP contribution in [-0.2, 0) is 6.54 Å². The Balaban J connectivity index is 1.98. The van der Waals surface area contributed by atoms with Gasteiger partial charge >= 0.3 is 0 Å². The first-order valence-electron chi connectivity index (χ1n) is 6.30. The Morgan fingerprint density at radius 3 is 2.58 bits per heavy atom. The van der Waals surface area contributed by atoms with Gasteiger partial charge in [0.15, 0.2) is 11.5 Å². The zero-order valence-electron chi connectivity index (χ0n) is 11.6. The van der Waals surface area contributed by atoms with E-state index < -0.39 is 0 Å². The molecule has 0 aliphatic heterocycles. The lowest BCUT2D eigenvalue weighted by atomic mass is 10.2. The van der Waals surface area contributed by atoms with Crippen LogP contribution in [-0.4, -0.2) is 31.8 Å². The van der Waals surface area contributed by atoms with Crippen molar-refractivity contribution in [1.82, 2.24) is 5.32 Å². The summed E-state index contributed by atoms with van der Waals surface area (Å²) in [6, 6.07) is 4.10. The molecule has 1 saturated carbocycles. The molecule has 0 saturated heterocycles. The van der Waals surface area contributed by atoms with Crippen LogP contribution in [0.3, 0.4) is 0 Å². The van der Waals surface area contributed by atoms with Gasteiger partial charge in [0.1, 0.15) is 0 Å². The molecule has 1 aromatic carbocycles. The summed E-state index contributed by atoms with van der Waals surface area (Å²) in [6.45, 7) is 1.92. The van der Waals surface area contributed by atoms with E-state index in [4.69, 9.17) is 9.47 Å². The zero-order valence-corrected chi connectivity index (χ0v) is 14.0. The van der Waals surface area contributed by atoms with E-state index in [1.165, 1.54) is 18.4 Å². The first-order valence-corrected chi connectivity index (χ1v) is 8.32. The van der Waals surface area contributed by atoms with E-state index in [-0.39, 0.29) is 0 Å². The first-order chi connectivity index (χ1) is 9.14. The maximum absolute atomic E-state index is 5.35. The molecule has 0 spiro atoms. The summed E-state index contributed by atoms with van der Waals surface area (Å²) >= 11 is 5.49. The molecule has 0 radical (unpaired) electrons. The molecule has 1 N–H and O–H groups in total. The van der Waals surface area contributed by atoms with Crippen molar-refractivity contribution in [2.24, 2.45) is 0 Å². The molecule has 3 nitrogen and oxygen atoms in total. The highest BCUT2D eigenvalue weighted by atomic mass is 79.9. The predicted octanol–water partition coefficient (Wildman–Crippen LogP) is 3.45. The Morgan fingerprint density at radius 2 is 2.05 bits per heavy atom. The van der Waals surface area contributed by atoms with Crippen molar-refractivity contribution in [1.29, 1.82) is 0 Å². The van der Waals surface area contributed by atoms with Crippen LogP contribution in [0.15, 0.2) is 16.6 Å². The number of methoxy groups -OCH3 is 2. The van der Waals surface area contributed by atoms with Crippen molar-refractivity contribution >= 4 is 27.7 Å². The summed E-state index contributed by atoms with van der Waals surface area (Å²) in [5, 5.41) is 3.53. The van der Waals surface area contributed by atoms with E-state index in [9.17, 15) is 0 Å². The average Bonchev–Trinajstić information content (AvgIpc) is 3.18. The molecular weight excluding hydrogens is 326 g/mol. The Bertz CT molecular complexity index is 449. The van der Waals surface area contributed by atoms with Crippen LogP contribution in [0.5, 0.6) is 11.5 Å². The normalized spacial score (nSPS) is 16.2. The van der Waals surface area contributed by atoms with Gasteiger partial charge in [0.2, 0.25) is 0 Å². The molecule has 0 heterocycles. The molecule has 1 fully saturated rings. The van der Waals surface area contributed by atoms with Crippen LogP contribution >= 0.6 is 27.7 Å². The van der Waals surface area contributed by atoms with Gasteiger partial charge in [-0.1, -0.05) is 0 Å². The van der Waals surface area contributed by atoms with Gasteiger partial charge in [-0.2, -0.15) is 11.8 Å². The second-order valence-corrected chi connectivity index (χ2v) is 6.93. The monoisotopic (exact) mass is 345 g/mol. The number of ether oxygens (including phenoxy) is 2. The molecule has 1 aliphatic rings. The highest BCUT2D eigenvalue weighted by Crippen LogP contribution is 2.46. The van der Waals surface area contributed by atoms with Crippen LogP contribution in [0.1, 0.15) is 18.4 Å². The summed E-state index contributed by atoms with van der Waals surface area (Å²) in [7, 11) is 3.31. The number of thioether (sulfide) groups is 1. The van der Waals surface area contributed by atoms with Gasteiger partial charge in [-0.05, 0) is 52.7 Å². The number of rotatable bonds is 7. The zero-order chi connectivity index (χ0) is 13.9. The lowest BCUT2D eigenvalue weighted by Crippen LogP contribution is -2.25. The lowest BCUT2D eigenvalue weighted by molar-refractivity contribution is 0.352. The second kappa shape index (κ2) is 6.37. The Labute approximate surface area is 127 Å². The largest absolute Gasteiger partial charge is 0.493 e. The number of halogens is 1. The average molecular weight is 346 g/mol. The summed E-state index contributed by atoms with van der Waals surface area (Å²) in [4.78, 5) is 0. The van der Waals surface area contributed by atoms with Gasteiger partial charge in [0.05, 0.1) is 18.7 Å². The molecule has 0 bridgehead atoms. The SMILES string of the molecule is COc1cc(CNCC2(SC)CC2)cc(Br)c1OC. The van der Waals surface area contributed by atoms with Gasteiger partial charge in [-0.15, -0.1) is 0 Å². The van der Waals surface area contributed by atoms with Crippen molar-refractivity contribution in [3.8, 4) is 11.5 Å². The maximum Gasteiger partial charge on any atom is 0.174 e. The van der Waals surface area contributed by atoms with E-state index in [1.807, 2.05) is 17.8 Å². The van der Waals surface area contributed by atoms with Crippen molar-refractivity contribution in [3.63, 3.8) is 0 Å². The summed E-state index contributed by atoms with van der Waals surface area (Å²) < 4.78 is 12.1. The fourth-order valence-corrected chi connectivity index (χ4v) is 3.51. The van der Waals surface area contributed by atoms with Gasteiger partial charge in [0, 0.05) is 17.8 Å². The minimum absolute atomic E-state index is 0.494. The third kappa shape index (κ3) is 3.58. The van der Waals surface area contributed by atoms with Gasteiger partial charge < -0.3 is 14.8 Å². The second-order valence-electron chi connectivity index (χ2n) is 4.80. The molecule has 19 heavy (non-hydrogen) atoms.